The van der Waals surface area contributed by atoms with Gasteiger partial charge in [0.1, 0.15) is 0 Å². The van der Waals surface area contributed by atoms with E-state index in [1.807, 2.05) is 0 Å². The summed E-state index contributed by atoms with van der Waals surface area (Å²) in [5, 5.41) is 0. The Balaban J connectivity index is 2.10. The third kappa shape index (κ3) is 2.17. The van der Waals surface area contributed by atoms with Gasteiger partial charge >= 0.3 is 0 Å². The normalized spacial score (nSPS) is 27.6. The summed E-state index contributed by atoms with van der Waals surface area (Å²) in [6, 6.07) is 9.12. The second-order valence-electron chi connectivity index (χ2n) is 4.88. The van der Waals surface area contributed by atoms with E-state index in [1.54, 1.807) is 5.56 Å². The monoisotopic (exact) mass is 188 g/mol. The van der Waals surface area contributed by atoms with Crippen molar-refractivity contribution in [2.75, 3.05) is 0 Å². The van der Waals surface area contributed by atoms with Gasteiger partial charge < -0.3 is 0 Å². The number of aryl methyl sites for hydroxylation is 1. The lowest BCUT2D eigenvalue weighted by atomic mass is 9.79. The van der Waals surface area contributed by atoms with Crippen molar-refractivity contribution >= 4 is 0 Å². The van der Waals surface area contributed by atoms with E-state index in [9.17, 15) is 0 Å². The highest BCUT2D eigenvalue weighted by Crippen LogP contribution is 2.35. The summed E-state index contributed by atoms with van der Waals surface area (Å²) in [5.74, 6) is 1.76. The van der Waals surface area contributed by atoms with Gasteiger partial charge in [0.25, 0.3) is 0 Å². The van der Waals surface area contributed by atoms with E-state index in [2.05, 4.69) is 38.1 Å². The minimum Gasteiger partial charge on any atom is -0.0625 e. The van der Waals surface area contributed by atoms with Crippen molar-refractivity contribution in [2.45, 2.75) is 45.4 Å². The van der Waals surface area contributed by atoms with Crippen molar-refractivity contribution < 1.29 is 0 Å². The van der Waals surface area contributed by atoms with Crippen LogP contribution < -0.4 is 0 Å². The summed E-state index contributed by atoms with van der Waals surface area (Å²) < 4.78 is 0. The predicted octanol–water partition coefficient (Wildman–Crippen LogP) is 4.29. The molecule has 0 spiro atoms. The van der Waals surface area contributed by atoms with Gasteiger partial charge in [-0.1, -0.05) is 49.6 Å². The number of hydrogen-bond acceptors (Lipinski definition) is 0. The Morgan fingerprint density at radius 1 is 1.07 bits per heavy atom. The van der Waals surface area contributed by atoms with Gasteiger partial charge in [0.15, 0.2) is 0 Å². The van der Waals surface area contributed by atoms with Crippen LogP contribution in [-0.4, -0.2) is 0 Å². The maximum atomic E-state index is 2.39. The predicted molar refractivity (Wildman–Crippen MR) is 61.6 cm³/mol. The van der Waals surface area contributed by atoms with Crippen LogP contribution in [0.25, 0.3) is 0 Å². The number of hydrogen-bond donors (Lipinski definition) is 0. The van der Waals surface area contributed by atoms with E-state index in [1.165, 1.54) is 31.2 Å². The SMILES string of the molecule is Cc1ccc([C@@H]2CCC[C@H](C)C2)cc1. The Hall–Kier alpha value is -0.780. The Morgan fingerprint density at radius 2 is 1.79 bits per heavy atom. The molecular formula is C14H20. The van der Waals surface area contributed by atoms with Crippen LogP contribution in [0.4, 0.5) is 0 Å². The molecule has 1 aromatic carbocycles. The van der Waals surface area contributed by atoms with Crippen molar-refractivity contribution in [3.63, 3.8) is 0 Å². The van der Waals surface area contributed by atoms with E-state index in [4.69, 9.17) is 0 Å². The third-order valence-corrected chi connectivity index (χ3v) is 3.49. The first-order valence-electron chi connectivity index (χ1n) is 5.82. The molecule has 0 heteroatoms. The maximum Gasteiger partial charge on any atom is -0.0159 e. The summed E-state index contributed by atoms with van der Waals surface area (Å²) in [5.41, 5.74) is 2.93. The van der Waals surface area contributed by atoms with E-state index >= 15 is 0 Å². The Labute approximate surface area is 87.3 Å². The van der Waals surface area contributed by atoms with Gasteiger partial charge in [-0.2, -0.15) is 0 Å². The van der Waals surface area contributed by atoms with Gasteiger partial charge in [-0.15, -0.1) is 0 Å². The molecule has 14 heavy (non-hydrogen) atoms. The molecule has 0 nitrogen and oxygen atoms in total. The Kier molecular flexibility index (Phi) is 2.90. The quantitative estimate of drug-likeness (QED) is 0.616. The van der Waals surface area contributed by atoms with Crippen LogP contribution in [0.1, 0.15) is 49.7 Å². The minimum atomic E-state index is 0.833. The second kappa shape index (κ2) is 4.16. The van der Waals surface area contributed by atoms with Crippen LogP contribution in [0.5, 0.6) is 0 Å². The van der Waals surface area contributed by atoms with Crippen molar-refractivity contribution in [1.29, 1.82) is 0 Å². The molecule has 2 rings (SSSR count). The zero-order valence-electron chi connectivity index (χ0n) is 9.29. The average Bonchev–Trinajstić information content (AvgIpc) is 2.19. The molecule has 76 valence electrons. The van der Waals surface area contributed by atoms with E-state index in [0.29, 0.717) is 0 Å². The third-order valence-electron chi connectivity index (χ3n) is 3.49. The fraction of sp³-hybridized carbons (Fsp3) is 0.571. The molecule has 0 N–H and O–H groups in total. The van der Waals surface area contributed by atoms with Crippen LogP contribution in [0.15, 0.2) is 24.3 Å². The van der Waals surface area contributed by atoms with Gasteiger partial charge in [-0.3, -0.25) is 0 Å². The van der Waals surface area contributed by atoms with E-state index in [-0.39, 0.29) is 0 Å². The Bertz CT molecular complexity index is 283. The standard InChI is InChI=1S/C14H20/c1-11-6-8-13(9-7-11)14-5-3-4-12(2)10-14/h6-9,12,14H,3-5,10H2,1-2H3/t12-,14+/m0/s1. The lowest BCUT2D eigenvalue weighted by Gasteiger charge is -2.27. The molecule has 0 radical (unpaired) electrons. The first-order valence-corrected chi connectivity index (χ1v) is 5.82. The van der Waals surface area contributed by atoms with Gasteiger partial charge in [0.2, 0.25) is 0 Å². The minimum absolute atomic E-state index is 0.833. The van der Waals surface area contributed by atoms with Gasteiger partial charge in [-0.25, -0.2) is 0 Å². The number of rotatable bonds is 1. The van der Waals surface area contributed by atoms with Crippen LogP contribution in [-0.2, 0) is 0 Å². The summed E-state index contributed by atoms with van der Waals surface area (Å²) in [6.45, 7) is 4.55. The summed E-state index contributed by atoms with van der Waals surface area (Å²) in [6.07, 6.45) is 5.64. The summed E-state index contributed by atoms with van der Waals surface area (Å²) in [7, 11) is 0. The summed E-state index contributed by atoms with van der Waals surface area (Å²) >= 11 is 0. The molecule has 1 aromatic rings. The highest BCUT2D eigenvalue weighted by Gasteiger charge is 2.19. The lowest BCUT2D eigenvalue weighted by Crippen LogP contribution is -2.11. The first kappa shape index (κ1) is 9.76. The molecule has 1 saturated carbocycles. The molecule has 1 aliphatic carbocycles. The molecule has 1 fully saturated rings. The first-order chi connectivity index (χ1) is 6.75. The Morgan fingerprint density at radius 3 is 2.43 bits per heavy atom. The smallest absolute Gasteiger partial charge is 0.0159 e. The maximum absolute atomic E-state index is 2.39. The van der Waals surface area contributed by atoms with Gasteiger partial charge in [-0.05, 0) is 37.2 Å². The summed E-state index contributed by atoms with van der Waals surface area (Å²) in [4.78, 5) is 0. The second-order valence-corrected chi connectivity index (χ2v) is 4.88. The molecular weight excluding hydrogens is 168 g/mol. The number of benzene rings is 1. The van der Waals surface area contributed by atoms with Crippen molar-refractivity contribution in [3.05, 3.63) is 35.4 Å². The van der Waals surface area contributed by atoms with Crippen LogP contribution >= 0.6 is 0 Å². The van der Waals surface area contributed by atoms with Gasteiger partial charge in [0.05, 0.1) is 0 Å². The van der Waals surface area contributed by atoms with E-state index in [0.717, 1.165) is 11.8 Å². The fourth-order valence-corrected chi connectivity index (χ4v) is 2.58. The zero-order chi connectivity index (χ0) is 9.97. The largest absolute Gasteiger partial charge is 0.0625 e. The van der Waals surface area contributed by atoms with Crippen molar-refractivity contribution in [1.82, 2.24) is 0 Å². The fourth-order valence-electron chi connectivity index (χ4n) is 2.58. The molecule has 0 amide bonds. The zero-order valence-corrected chi connectivity index (χ0v) is 9.29. The lowest BCUT2D eigenvalue weighted by molar-refractivity contribution is 0.344. The molecule has 0 unspecified atom stereocenters. The van der Waals surface area contributed by atoms with Crippen molar-refractivity contribution in [2.24, 2.45) is 5.92 Å². The molecule has 0 aromatic heterocycles. The van der Waals surface area contributed by atoms with Crippen molar-refractivity contribution in [3.8, 4) is 0 Å². The highest BCUT2D eigenvalue weighted by molar-refractivity contribution is 5.24. The molecule has 0 aliphatic heterocycles. The molecule has 1 aliphatic rings. The van der Waals surface area contributed by atoms with E-state index < -0.39 is 0 Å². The van der Waals surface area contributed by atoms with Crippen LogP contribution in [0, 0.1) is 12.8 Å². The highest BCUT2D eigenvalue weighted by atomic mass is 14.2. The average molecular weight is 188 g/mol. The molecule has 0 heterocycles. The van der Waals surface area contributed by atoms with Crippen LogP contribution in [0.3, 0.4) is 0 Å². The topological polar surface area (TPSA) is 0 Å². The molecule has 0 bridgehead atoms. The van der Waals surface area contributed by atoms with Gasteiger partial charge in [0, 0.05) is 0 Å². The van der Waals surface area contributed by atoms with Crippen LogP contribution in [0.2, 0.25) is 0 Å². The molecule has 0 saturated heterocycles. The molecule has 2 atom stereocenters.